The van der Waals surface area contributed by atoms with E-state index in [1.165, 1.54) is 19.3 Å². The van der Waals surface area contributed by atoms with Crippen LogP contribution in [0.3, 0.4) is 0 Å². The number of aliphatic carboxylic acids is 1. The Morgan fingerprint density at radius 2 is 2.00 bits per heavy atom. The third-order valence-corrected chi connectivity index (χ3v) is 3.95. The molecular weight excluding hydrogens is 216 g/mol. The van der Waals surface area contributed by atoms with Gasteiger partial charge in [-0.05, 0) is 52.1 Å². The van der Waals surface area contributed by atoms with Crippen LogP contribution in [-0.4, -0.2) is 47.2 Å². The van der Waals surface area contributed by atoms with Crippen LogP contribution in [0.25, 0.3) is 0 Å². The zero-order valence-corrected chi connectivity index (χ0v) is 10.7. The van der Waals surface area contributed by atoms with E-state index in [4.69, 9.17) is 0 Å². The van der Waals surface area contributed by atoms with Crippen LogP contribution in [0.2, 0.25) is 0 Å². The van der Waals surface area contributed by atoms with Gasteiger partial charge in [0.2, 0.25) is 0 Å². The minimum absolute atomic E-state index is 0.442. The fourth-order valence-electron chi connectivity index (χ4n) is 2.48. The van der Waals surface area contributed by atoms with E-state index in [-0.39, 0.29) is 0 Å². The van der Waals surface area contributed by atoms with Crippen molar-refractivity contribution >= 4 is 5.97 Å². The summed E-state index contributed by atoms with van der Waals surface area (Å²) in [7, 11) is 0. The van der Waals surface area contributed by atoms with Crippen molar-refractivity contribution in [3.05, 3.63) is 0 Å². The number of nitrogens with one attached hydrogen (secondary N) is 1. The summed E-state index contributed by atoms with van der Waals surface area (Å²) in [4.78, 5) is 13.8. The molecule has 2 fully saturated rings. The first-order valence-corrected chi connectivity index (χ1v) is 6.84. The molecule has 2 N–H and O–H groups in total. The predicted molar refractivity (Wildman–Crippen MR) is 67.1 cm³/mol. The minimum Gasteiger partial charge on any atom is -0.480 e. The van der Waals surface area contributed by atoms with Crippen LogP contribution in [0.4, 0.5) is 0 Å². The maximum atomic E-state index is 11.4. The van der Waals surface area contributed by atoms with E-state index >= 15 is 0 Å². The molecule has 1 heterocycles. The van der Waals surface area contributed by atoms with Gasteiger partial charge in [0, 0.05) is 12.6 Å². The highest BCUT2D eigenvalue weighted by molar-refractivity contribution is 5.78. The summed E-state index contributed by atoms with van der Waals surface area (Å²) < 4.78 is 0. The molecule has 0 aromatic heterocycles. The van der Waals surface area contributed by atoms with Gasteiger partial charge in [0.25, 0.3) is 0 Å². The normalized spacial score (nSPS) is 25.5. The Hall–Kier alpha value is -0.610. The summed E-state index contributed by atoms with van der Waals surface area (Å²) >= 11 is 0. The smallest absolute Gasteiger partial charge is 0.323 e. The number of likely N-dealkylation sites (tertiary alicyclic amines) is 1. The third kappa shape index (κ3) is 3.68. The number of hydrogen-bond acceptors (Lipinski definition) is 3. The van der Waals surface area contributed by atoms with E-state index in [9.17, 15) is 9.90 Å². The van der Waals surface area contributed by atoms with Crippen molar-refractivity contribution in [2.24, 2.45) is 0 Å². The molecule has 0 amide bonds. The van der Waals surface area contributed by atoms with Crippen molar-refractivity contribution in [2.75, 3.05) is 19.6 Å². The van der Waals surface area contributed by atoms with Crippen LogP contribution in [-0.2, 0) is 4.79 Å². The molecule has 4 nitrogen and oxygen atoms in total. The van der Waals surface area contributed by atoms with Gasteiger partial charge in [0.15, 0.2) is 0 Å². The Bertz CT molecular complexity index is 273. The number of carbonyl (C=O) groups is 1. The molecule has 1 atom stereocenters. The number of hydrogen-bond donors (Lipinski definition) is 2. The molecule has 1 aliphatic carbocycles. The molecule has 2 aliphatic rings. The maximum absolute atomic E-state index is 11.4. The highest BCUT2D eigenvalue weighted by atomic mass is 16.4. The van der Waals surface area contributed by atoms with Gasteiger partial charge < -0.3 is 10.0 Å². The van der Waals surface area contributed by atoms with E-state index in [1.54, 1.807) is 0 Å². The summed E-state index contributed by atoms with van der Waals surface area (Å²) in [5, 5.41) is 12.6. The monoisotopic (exact) mass is 240 g/mol. The van der Waals surface area contributed by atoms with Crippen LogP contribution in [0.5, 0.6) is 0 Å². The summed E-state index contributed by atoms with van der Waals surface area (Å²) in [6.45, 7) is 5.01. The van der Waals surface area contributed by atoms with Gasteiger partial charge in [0.1, 0.15) is 5.54 Å². The number of piperidine rings is 1. The molecule has 0 aromatic carbocycles. The minimum atomic E-state index is -0.737. The third-order valence-electron chi connectivity index (χ3n) is 3.95. The van der Waals surface area contributed by atoms with Crippen molar-refractivity contribution < 1.29 is 9.90 Å². The molecule has 0 aromatic rings. The van der Waals surface area contributed by atoms with Gasteiger partial charge in [-0.15, -0.1) is 0 Å². The lowest BCUT2D eigenvalue weighted by atomic mass is 9.96. The SMILES string of the molecule is CC(CCN1CCCCC1)(NC1CC1)C(=O)O. The van der Waals surface area contributed by atoms with E-state index < -0.39 is 11.5 Å². The van der Waals surface area contributed by atoms with Crippen LogP contribution < -0.4 is 5.32 Å². The molecule has 0 bridgehead atoms. The molecule has 17 heavy (non-hydrogen) atoms. The first-order chi connectivity index (χ1) is 8.10. The average Bonchev–Trinajstić information content (AvgIpc) is 3.11. The van der Waals surface area contributed by atoms with Crippen molar-refractivity contribution in [3.8, 4) is 0 Å². The lowest BCUT2D eigenvalue weighted by Gasteiger charge is -2.32. The summed E-state index contributed by atoms with van der Waals surface area (Å²) in [5.74, 6) is -0.707. The van der Waals surface area contributed by atoms with Crippen LogP contribution in [0.15, 0.2) is 0 Å². The molecule has 1 aliphatic heterocycles. The van der Waals surface area contributed by atoms with E-state index in [0.717, 1.165) is 32.5 Å². The molecule has 2 rings (SSSR count). The Morgan fingerprint density at radius 3 is 2.53 bits per heavy atom. The zero-order valence-electron chi connectivity index (χ0n) is 10.7. The topological polar surface area (TPSA) is 52.6 Å². The molecule has 98 valence electrons. The van der Waals surface area contributed by atoms with Crippen molar-refractivity contribution in [1.29, 1.82) is 0 Å². The Kier molecular flexibility index (Phi) is 4.05. The quantitative estimate of drug-likeness (QED) is 0.738. The summed E-state index contributed by atoms with van der Waals surface area (Å²) in [6, 6.07) is 0.442. The van der Waals surface area contributed by atoms with Gasteiger partial charge in [-0.3, -0.25) is 10.1 Å². The largest absolute Gasteiger partial charge is 0.480 e. The van der Waals surface area contributed by atoms with E-state index in [0.29, 0.717) is 12.5 Å². The van der Waals surface area contributed by atoms with Crippen LogP contribution in [0, 0.1) is 0 Å². The average molecular weight is 240 g/mol. The number of carboxylic acid groups (broad SMARTS) is 1. The standard InChI is InChI=1S/C13H24N2O2/c1-13(12(16)17,14-11-5-6-11)7-10-15-8-3-2-4-9-15/h11,14H,2-10H2,1H3,(H,16,17). The molecule has 1 unspecified atom stereocenters. The fraction of sp³-hybridized carbons (Fsp3) is 0.923. The van der Waals surface area contributed by atoms with Gasteiger partial charge in [-0.2, -0.15) is 0 Å². The van der Waals surface area contributed by atoms with Crippen LogP contribution >= 0.6 is 0 Å². The first-order valence-electron chi connectivity index (χ1n) is 6.84. The molecule has 4 heteroatoms. The van der Waals surface area contributed by atoms with Gasteiger partial charge >= 0.3 is 5.97 Å². The second kappa shape index (κ2) is 5.36. The highest BCUT2D eigenvalue weighted by Gasteiger charge is 2.38. The molecule has 1 saturated heterocycles. The highest BCUT2D eigenvalue weighted by Crippen LogP contribution is 2.24. The van der Waals surface area contributed by atoms with Crippen molar-refractivity contribution in [2.45, 2.75) is 57.0 Å². The Balaban J connectivity index is 1.81. The fourth-order valence-corrected chi connectivity index (χ4v) is 2.48. The number of nitrogens with zero attached hydrogens (tertiary/aromatic N) is 1. The number of carboxylic acids is 1. The van der Waals surface area contributed by atoms with E-state index in [2.05, 4.69) is 10.2 Å². The number of rotatable bonds is 6. The summed E-state index contributed by atoms with van der Waals surface area (Å²) in [6.07, 6.45) is 6.82. The van der Waals surface area contributed by atoms with Gasteiger partial charge in [-0.1, -0.05) is 6.42 Å². The second-order valence-corrected chi connectivity index (χ2v) is 5.71. The second-order valence-electron chi connectivity index (χ2n) is 5.71. The molecule has 0 radical (unpaired) electrons. The predicted octanol–water partition coefficient (Wildman–Crippen LogP) is 1.46. The lowest BCUT2D eigenvalue weighted by molar-refractivity contribution is -0.144. The lowest BCUT2D eigenvalue weighted by Crippen LogP contribution is -2.52. The zero-order chi connectivity index (χ0) is 12.3. The summed E-state index contributed by atoms with van der Waals surface area (Å²) in [5.41, 5.74) is -0.737. The van der Waals surface area contributed by atoms with Crippen LogP contribution in [0.1, 0.15) is 45.4 Å². The Morgan fingerprint density at radius 1 is 1.35 bits per heavy atom. The van der Waals surface area contributed by atoms with Crippen molar-refractivity contribution in [1.82, 2.24) is 10.2 Å². The molecule has 1 saturated carbocycles. The first kappa shape index (κ1) is 12.8. The van der Waals surface area contributed by atoms with Crippen molar-refractivity contribution in [3.63, 3.8) is 0 Å². The van der Waals surface area contributed by atoms with Gasteiger partial charge in [0.05, 0.1) is 0 Å². The van der Waals surface area contributed by atoms with Gasteiger partial charge in [-0.25, -0.2) is 0 Å². The maximum Gasteiger partial charge on any atom is 0.323 e. The molecule has 0 spiro atoms. The molecular formula is C13H24N2O2. The Labute approximate surface area is 103 Å². The van der Waals surface area contributed by atoms with E-state index in [1.807, 2.05) is 6.92 Å².